The highest BCUT2D eigenvalue weighted by Gasteiger charge is 2.19. The molecular formula is C10H9F2N3O5. The molecule has 20 heavy (non-hydrogen) atoms. The van der Waals surface area contributed by atoms with Crippen LogP contribution in [0.5, 0.6) is 0 Å². The van der Waals surface area contributed by atoms with Crippen molar-refractivity contribution in [2.24, 2.45) is 0 Å². The fourth-order valence-corrected chi connectivity index (χ4v) is 1.22. The predicted octanol–water partition coefficient (Wildman–Crippen LogP) is 1.47. The summed E-state index contributed by atoms with van der Waals surface area (Å²) in [5.41, 5.74) is -1.59. The molecule has 0 aromatic heterocycles. The van der Waals surface area contributed by atoms with Gasteiger partial charge >= 0.3 is 17.7 Å². The number of anilines is 1. The van der Waals surface area contributed by atoms with Crippen molar-refractivity contribution in [3.05, 3.63) is 33.9 Å². The van der Waals surface area contributed by atoms with Crippen LogP contribution in [0.4, 0.5) is 25.0 Å². The van der Waals surface area contributed by atoms with Crippen LogP contribution < -0.4 is 10.6 Å². The molecule has 3 N–H and O–H groups in total. The second kappa shape index (κ2) is 6.41. The Hall–Kier alpha value is -2.78. The third-order valence-corrected chi connectivity index (χ3v) is 2.11. The molecule has 8 nitrogen and oxygen atoms in total. The number of carboxylic acid groups (broad SMARTS) is 1. The van der Waals surface area contributed by atoms with Crippen molar-refractivity contribution in [3.8, 4) is 0 Å². The van der Waals surface area contributed by atoms with Gasteiger partial charge in [-0.05, 0) is 0 Å². The van der Waals surface area contributed by atoms with E-state index in [1.165, 1.54) is 0 Å². The Morgan fingerprint density at radius 3 is 2.50 bits per heavy atom. The smallest absolute Gasteiger partial charge is 0.319 e. The van der Waals surface area contributed by atoms with Crippen LogP contribution in [0, 0.1) is 21.7 Å². The van der Waals surface area contributed by atoms with Crippen molar-refractivity contribution < 1.29 is 28.4 Å². The van der Waals surface area contributed by atoms with Gasteiger partial charge < -0.3 is 15.7 Å². The predicted molar refractivity (Wildman–Crippen MR) is 62.3 cm³/mol. The van der Waals surface area contributed by atoms with Gasteiger partial charge in [0.05, 0.1) is 17.0 Å². The number of carbonyl (C=O) groups is 2. The molecule has 0 spiro atoms. The number of rotatable bonds is 5. The largest absolute Gasteiger partial charge is 0.481 e. The molecule has 1 aromatic rings. The summed E-state index contributed by atoms with van der Waals surface area (Å²) in [6.07, 6.45) is -0.348. The SMILES string of the molecule is O=C(O)CCNC(=O)Nc1cc([N+](=O)[O-])c(F)cc1F. The Labute approximate surface area is 110 Å². The Morgan fingerprint density at radius 1 is 1.30 bits per heavy atom. The van der Waals surface area contributed by atoms with E-state index in [0.29, 0.717) is 6.07 Å². The lowest BCUT2D eigenvalue weighted by Gasteiger charge is -2.07. The van der Waals surface area contributed by atoms with E-state index in [-0.39, 0.29) is 19.0 Å². The molecular weight excluding hydrogens is 280 g/mol. The van der Waals surface area contributed by atoms with Crippen LogP contribution in [0.2, 0.25) is 0 Å². The molecule has 0 saturated heterocycles. The van der Waals surface area contributed by atoms with Gasteiger partial charge in [0.1, 0.15) is 5.82 Å². The number of benzene rings is 1. The summed E-state index contributed by atoms with van der Waals surface area (Å²) in [6.45, 7) is -0.216. The maximum atomic E-state index is 13.3. The number of carboxylic acids is 1. The number of nitro benzene ring substituents is 1. The minimum atomic E-state index is -1.37. The molecule has 1 aromatic carbocycles. The highest BCUT2D eigenvalue weighted by Crippen LogP contribution is 2.24. The number of carbonyl (C=O) groups excluding carboxylic acids is 1. The van der Waals surface area contributed by atoms with Crippen LogP contribution in [0.1, 0.15) is 6.42 Å². The Bertz CT molecular complexity index is 564. The molecule has 0 aliphatic heterocycles. The standard InChI is InChI=1S/C10H9F2N3O5/c11-5-3-6(12)8(15(19)20)4-7(5)14-10(18)13-2-1-9(16)17/h3-4H,1-2H2,(H,16,17)(H2,13,14,18). The first-order valence-corrected chi connectivity index (χ1v) is 5.21. The minimum Gasteiger partial charge on any atom is -0.481 e. The van der Waals surface area contributed by atoms with E-state index in [1.54, 1.807) is 0 Å². The molecule has 0 atom stereocenters. The number of urea groups is 1. The van der Waals surface area contributed by atoms with E-state index >= 15 is 0 Å². The third-order valence-electron chi connectivity index (χ3n) is 2.11. The second-order valence-electron chi connectivity index (χ2n) is 3.57. The fourth-order valence-electron chi connectivity index (χ4n) is 1.22. The molecule has 0 fully saturated rings. The monoisotopic (exact) mass is 289 g/mol. The Morgan fingerprint density at radius 2 is 1.95 bits per heavy atom. The van der Waals surface area contributed by atoms with E-state index in [9.17, 15) is 28.5 Å². The quantitative estimate of drug-likeness (QED) is 0.559. The molecule has 0 unspecified atom stereocenters. The maximum Gasteiger partial charge on any atom is 0.319 e. The molecule has 0 aliphatic rings. The van der Waals surface area contributed by atoms with E-state index in [1.807, 2.05) is 5.32 Å². The maximum absolute atomic E-state index is 13.3. The lowest BCUT2D eigenvalue weighted by atomic mass is 10.2. The first-order valence-electron chi connectivity index (χ1n) is 5.21. The zero-order chi connectivity index (χ0) is 15.3. The van der Waals surface area contributed by atoms with Gasteiger partial charge in [-0.2, -0.15) is 4.39 Å². The number of amides is 2. The van der Waals surface area contributed by atoms with Crippen molar-refractivity contribution in [1.29, 1.82) is 0 Å². The Balaban J connectivity index is 2.76. The average molecular weight is 289 g/mol. The lowest BCUT2D eigenvalue weighted by molar-refractivity contribution is -0.387. The first kappa shape index (κ1) is 15.3. The van der Waals surface area contributed by atoms with Crippen LogP contribution >= 0.6 is 0 Å². The van der Waals surface area contributed by atoms with Gasteiger partial charge in [-0.25, -0.2) is 9.18 Å². The zero-order valence-electron chi connectivity index (χ0n) is 9.85. The van der Waals surface area contributed by atoms with Gasteiger partial charge in [-0.1, -0.05) is 0 Å². The van der Waals surface area contributed by atoms with Crippen molar-refractivity contribution in [3.63, 3.8) is 0 Å². The lowest BCUT2D eigenvalue weighted by Crippen LogP contribution is -2.30. The van der Waals surface area contributed by atoms with E-state index in [4.69, 9.17) is 5.11 Å². The number of nitro groups is 1. The van der Waals surface area contributed by atoms with Crippen molar-refractivity contribution >= 4 is 23.4 Å². The van der Waals surface area contributed by atoms with Crippen molar-refractivity contribution in [2.75, 3.05) is 11.9 Å². The normalized spacial score (nSPS) is 9.90. The van der Waals surface area contributed by atoms with Crippen molar-refractivity contribution in [1.82, 2.24) is 5.32 Å². The average Bonchev–Trinajstić information content (AvgIpc) is 2.31. The van der Waals surface area contributed by atoms with Gasteiger partial charge in [0, 0.05) is 18.7 Å². The summed E-state index contributed by atoms with van der Waals surface area (Å²) in [6, 6.07) is -0.169. The summed E-state index contributed by atoms with van der Waals surface area (Å²) in [5, 5.41) is 22.8. The topological polar surface area (TPSA) is 122 Å². The minimum absolute atomic E-state index is 0.216. The number of hydrogen-bond donors (Lipinski definition) is 3. The fraction of sp³-hybridized carbons (Fsp3) is 0.200. The highest BCUT2D eigenvalue weighted by atomic mass is 19.1. The molecule has 0 heterocycles. The molecule has 0 radical (unpaired) electrons. The first-order chi connectivity index (χ1) is 9.31. The van der Waals surface area contributed by atoms with Crippen LogP contribution in [0.15, 0.2) is 12.1 Å². The molecule has 10 heteroatoms. The summed E-state index contributed by atoms with van der Waals surface area (Å²) >= 11 is 0. The van der Waals surface area contributed by atoms with Gasteiger partial charge in [0.25, 0.3) is 0 Å². The summed E-state index contributed by atoms with van der Waals surface area (Å²) in [7, 11) is 0. The third kappa shape index (κ3) is 4.15. The van der Waals surface area contributed by atoms with Crippen molar-refractivity contribution in [2.45, 2.75) is 6.42 Å². The Kier molecular flexibility index (Phi) is 4.89. The van der Waals surface area contributed by atoms with Crippen LogP contribution in [-0.4, -0.2) is 28.6 Å². The summed E-state index contributed by atoms with van der Waals surface area (Å²) in [5.74, 6) is -3.71. The number of aliphatic carboxylic acids is 1. The molecule has 1 rings (SSSR count). The van der Waals surface area contributed by atoms with Gasteiger partial charge in [-0.15, -0.1) is 0 Å². The van der Waals surface area contributed by atoms with E-state index in [0.717, 1.165) is 0 Å². The van der Waals surface area contributed by atoms with Crippen LogP contribution in [0.25, 0.3) is 0 Å². The molecule has 0 saturated carbocycles. The summed E-state index contributed by atoms with van der Waals surface area (Å²) in [4.78, 5) is 30.9. The van der Waals surface area contributed by atoms with Gasteiger partial charge in [0.15, 0.2) is 0 Å². The van der Waals surface area contributed by atoms with Crippen LogP contribution in [-0.2, 0) is 4.79 Å². The number of hydrogen-bond acceptors (Lipinski definition) is 4. The number of halogens is 2. The number of nitrogens with one attached hydrogen (secondary N) is 2. The molecule has 0 bridgehead atoms. The molecule has 2 amide bonds. The molecule has 108 valence electrons. The number of nitrogens with zero attached hydrogens (tertiary/aromatic N) is 1. The van der Waals surface area contributed by atoms with E-state index in [2.05, 4.69) is 5.32 Å². The second-order valence-corrected chi connectivity index (χ2v) is 3.57. The highest BCUT2D eigenvalue weighted by molar-refractivity contribution is 5.90. The van der Waals surface area contributed by atoms with Gasteiger partial charge in [0.2, 0.25) is 5.82 Å². The van der Waals surface area contributed by atoms with Crippen LogP contribution in [0.3, 0.4) is 0 Å². The zero-order valence-corrected chi connectivity index (χ0v) is 9.85. The van der Waals surface area contributed by atoms with E-state index < -0.39 is 39.9 Å². The summed E-state index contributed by atoms with van der Waals surface area (Å²) < 4.78 is 26.3. The molecule has 0 aliphatic carbocycles. The van der Waals surface area contributed by atoms with Gasteiger partial charge in [-0.3, -0.25) is 14.9 Å².